The molecule has 1 aliphatic heterocycles. The Morgan fingerprint density at radius 1 is 1.22 bits per heavy atom. The second-order valence-electron chi connectivity index (χ2n) is 6.66. The molecule has 0 bridgehead atoms. The van der Waals surface area contributed by atoms with Gasteiger partial charge in [0.25, 0.3) is 5.91 Å². The van der Waals surface area contributed by atoms with Crippen molar-refractivity contribution in [1.82, 2.24) is 14.3 Å². The Bertz CT molecular complexity index is 996. The summed E-state index contributed by atoms with van der Waals surface area (Å²) in [6, 6.07) is 11.3. The molecule has 3 aromatic rings. The molecule has 1 aromatic carbocycles. The van der Waals surface area contributed by atoms with E-state index in [1.165, 1.54) is 0 Å². The number of ether oxygens (including phenoxy) is 1. The number of benzene rings is 1. The number of nitrogens with zero attached hydrogens (tertiary/aromatic N) is 3. The van der Waals surface area contributed by atoms with E-state index in [4.69, 9.17) is 16.3 Å². The van der Waals surface area contributed by atoms with Gasteiger partial charge in [0.2, 0.25) is 0 Å². The number of aryl methyl sites for hydroxylation is 1. The van der Waals surface area contributed by atoms with Crippen molar-refractivity contribution in [2.45, 2.75) is 25.9 Å². The smallest absolute Gasteiger partial charge is 0.272 e. The Morgan fingerprint density at radius 2 is 1.96 bits per heavy atom. The molecule has 27 heavy (non-hydrogen) atoms. The zero-order valence-corrected chi connectivity index (χ0v) is 17.2. The number of hydrogen-bond donors (Lipinski definition) is 0. The summed E-state index contributed by atoms with van der Waals surface area (Å²) < 4.78 is 8.79. The number of carbonyl (C=O) groups is 1. The van der Waals surface area contributed by atoms with E-state index >= 15 is 0 Å². The molecule has 0 atom stereocenters. The number of amides is 1. The molecule has 0 aliphatic carbocycles. The van der Waals surface area contributed by atoms with E-state index in [-0.39, 0.29) is 12.0 Å². The lowest BCUT2D eigenvalue weighted by atomic mass is 10.1. The van der Waals surface area contributed by atoms with Crippen LogP contribution in [0, 0.1) is 6.92 Å². The number of pyridine rings is 1. The van der Waals surface area contributed by atoms with Gasteiger partial charge in [-0.1, -0.05) is 23.7 Å². The first-order valence-corrected chi connectivity index (χ1v) is 10.0. The summed E-state index contributed by atoms with van der Waals surface area (Å²) in [5, 5.41) is 0.614. The van der Waals surface area contributed by atoms with Crippen LogP contribution in [0.4, 0.5) is 0 Å². The minimum Gasteiger partial charge on any atom is -0.489 e. The molecular formula is C20H19BrClN3O2. The summed E-state index contributed by atoms with van der Waals surface area (Å²) in [6.45, 7) is 3.17. The van der Waals surface area contributed by atoms with Crippen molar-refractivity contribution in [2.24, 2.45) is 0 Å². The van der Waals surface area contributed by atoms with E-state index in [2.05, 4.69) is 20.9 Å². The van der Waals surface area contributed by atoms with Crippen LogP contribution in [0.25, 0.3) is 5.65 Å². The summed E-state index contributed by atoms with van der Waals surface area (Å²) in [5.41, 5.74) is 2.14. The van der Waals surface area contributed by atoms with E-state index in [0.29, 0.717) is 29.6 Å². The lowest BCUT2D eigenvalue weighted by Gasteiger charge is -2.32. The maximum atomic E-state index is 13.1. The van der Waals surface area contributed by atoms with E-state index in [1.807, 2.05) is 58.8 Å². The van der Waals surface area contributed by atoms with Gasteiger partial charge in [-0.2, -0.15) is 0 Å². The highest BCUT2D eigenvalue weighted by atomic mass is 79.9. The quantitative estimate of drug-likeness (QED) is 0.581. The number of piperidine rings is 1. The molecular weight excluding hydrogens is 430 g/mol. The molecule has 5 nitrogen and oxygen atoms in total. The standard InChI is InChI=1S/C20H19BrClN3O2/c1-13-19(25-12-14(21)6-7-18(25)23-13)20(26)24-10-8-15(9-11-24)27-17-5-3-2-4-16(17)22/h2-7,12,15H,8-11H2,1H3. The molecule has 1 fully saturated rings. The summed E-state index contributed by atoms with van der Waals surface area (Å²) in [7, 11) is 0. The van der Waals surface area contributed by atoms with Gasteiger partial charge in [-0.05, 0) is 47.1 Å². The van der Waals surface area contributed by atoms with Gasteiger partial charge in [-0.3, -0.25) is 9.20 Å². The number of likely N-dealkylation sites (tertiary alicyclic amines) is 1. The fraction of sp³-hybridized carbons (Fsp3) is 0.300. The maximum Gasteiger partial charge on any atom is 0.272 e. The zero-order chi connectivity index (χ0) is 19.0. The van der Waals surface area contributed by atoms with Gasteiger partial charge < -0.3 is 9.64 Å². The Kier molecular flexibility index (Phi) is 5.10. The van der Waals surface area contributed by atoms with Gasteiger partial charge in [-0.15, -0.1) is 0 Å². The number of carbonyl (C=O) groups excluding carboxylic acids is 1. The van der Waals surface area contributed by atoms with Gasteiger partial charge >= 0.3 is 0 Å². The second kappa shape index (κ2) is 7.52. The van der Waals surface area contributed by atoms with Crippen molar-refractivity contribution < 1.29 is 9.53 Å². The van der Waals surface area contributed by atoms with Crippen LogP contribution in [0.3, 0.4) is 0 Å². The van der Waals surface area contributed by atoms with E-state index in [0.717, 1.165) is 28.7 Å². The SMILES string of the molecule is Cc1nc2ccc(Br)cn2c1C(=O)N1CCC(Oc2ccccc2Cl)CC1. The van der Waals surface area contributed by atoms with Crippen molar-refractivity contribution in [1.29, 1.82) is 0 Å². The number of para-hydroxylation sites is 1. The third kappa shape index (κ3) is 3.69. The van der Waals surface area contributed by atoms with Crippen molar-refractivity contribution in [2.75, 3.05) is 13.1 Å². The van der Waals surface area contributed by atoms with E-state index in [9.17, 15) is 4.79 Å². The Hall–Kier alpha value is -2.05. The lowest BCUT2D eigenvalue weighted by Crippen LogP contribution is -2.42. The van der Waals surface area contributed by atoms with Crippen LogP contribution in [0.15, 0.2) is 47.1 Å². The third-order valence-corrected chi connectivity index (χ3v) is 5.60. The van der Waals surface area contributed by atoms with Crippen molar-refractivity contribution in [3.05, 3.63) is 63.5 Å². The van der Waals surface area contributed by atoms with Crippen LogP contribution in [0.1, 0.15) is 29.0 Å². The molecule has 1 saturated heterocycles. The van der Waals surface area contributed by atoms with Gasteiger partial charge in [0.15, 0.2) is 0 Å². The number of fused-ring (bicyclic) bond motifs is 1. The van der Waals surface area contributed by atoms with Gasteiger partial charge in [0.1, 0.15) is 23.2 Å². The first kappa shape index (κ1) is 18.3. The maximum absolute atomic E-state index is 13.1. The highest BCUT2D eigenvalue weighted by molar-refractivity contribution is 9.10. The molecule has 0 unspecified atom stereocenters. The summed E-state index contributed by atoms with van der Waals surface area (Å²) in [4.78, 5) is 19.5. The highest BCUT2D eigenvalue weighted by Crippen LogP contribution is 2.27. The molecule has 7 heteroatoms. The Morgan fingerprint density at radius 3 is 2.70 bits per heavy atom. The third-order valence-electron chi connectivity index (χ3n) is 4.82. The van der Waals surface area contributed by atoms with Gasteiger partial charge in [0, 0.05) is 36.6 Å². The van der Waals surface area contributed by atoms with Crippen LogP contribution in [0.2, 0.25) is 5.02 Å². The minimum absolute atomic E-state index is 0.00861. The first-order chi connectivity index (χ1) is 13.0. The second-order valence-corrected chi connectivity index (χ2v) is 7.98. The fourth-order valence-corrected chi connectivity index (χ4v) is 3.96. The average Bonchev–Trinajstić information content (AvgIpc) is 2.98. The number of hydrogen-bond acceptors (Lipinski definition) is 3. The molecule has 2 aromatic heterocycles. The number of aromatic nitrogens is 2. The molecule has 3 heterocycles. The van der Waals surface area contributed by atoms with Gasteiger partial charge in [0.05, 0.1) is 10.7 Å². The van der Waals surface area contributed by atoms with Crippen LogP contribution in [0.5, 0.6) is 5.75 Å². The predicted molar refractivity (Wildman–Crippen MR) is 109 cm³/mol. The van der Waals surface area contributed by atoms with E-state index < -0.39 is 0 Å². The minimum atomic E-state index is 0.00861. The molecule has 140 valence electrons. The van der Waals surface area contributed by atoms with Crippen LogP contribution in [-0.2, 0) is 0 Å². The van der Waals surface area contributed by atoms with Crippen molar-refractivity contribution >= 4 is 39.1 Å². The summed E-state index contributed by atoms with van der Waals surface area (Å²) >= 11 is 9.64. The topological polar surface area (TPSA) is 46.8 Å². The normalized spacial score (nSPS) is 15.3. The summed E-state index contributed by atoms with van der Waals surface area (Å²) in [6.07, 6.45) is 3.49. The Labute approximate surface area is 171 Å². The number of halogens is 2. The summed E-state index contributed by atoms with van der Waals surface area (Å²) in [5.74, 6) is 0.709. The Balaban J connectivity index is 1.47. The monoisotopic (exact) mass is 447 g/mol. The molecule has 0 spiro atoms. The lowest BCUT2D eigenvalue weighted by molar-refractivity contribution is 0.0588. The van der Waals surface area contributed by atoms with Crippen LogP contribution < -0.4 is 4.74 Å². The number of imidazole rings is 1. The fourth-order valence-electron chi connectivity index (χ4n) is 3.44. The van der Waals surface area contributed by atoms with Crippen LogP contribution >= 0.6 is 27.5 Å². The molecule has 0 N–H and O–H groups in total. The van der Waals surface area contributed by atoms with Gasteiger partial charge in [-0.25, -0.2) is 4.98 Å². The highest BCUT2D eigenvalue weighted by Gasteiger charge is 2.28. The zero-order valence-electron chi connectivity index (χ0n) is 14.9. The first-order valence-electron chi connectivity index (χ1n) is 8.87. The van der Waals surface area contributed by atoms with Crippen molar-refractivity contribution in [3.63, 3.8) is 0 Å². The number of rotatable bonds is 3. The molecule has 0 radical (unpaired) electrons. The molecule has 4 rings (SSSR count). The van der Waals surface area contributed by atoms with Crippen molar-refractivity contribution in [3.8, 4) is 5.75 Å². The van der Waals surface area contributed by atoms with E-state index in [1.54, 1.807) is 0 Å². The largest absolute Gasteiger partial charge is 0.489 e. The average molecular weight is 449 g/mol. The molecule has 1 aliphatic rings. The molecule has 1 amide bonds. The predicted octanol–water partition coefficient (Wildman–Crippen LogP) is 4.74. The molecule has 0 saturated carbocycles. The van der Waals surface area contributed by atoms with Crippen LogP contribution in [-0.4, -0.2) is 39.4 Å².